The average molecular weight is 328 g/mol. The standard InChI is InChI=1S/C13H16N2O8/c1-5-9(16)10(17)11(18)12(23-5)14-7-2-6(13(19)20)3-8(4-7)15(21)22/h2-5,9-12,14,16-18H,1H3,(H,19,20)/t5-,9+,10-,11+,12-/m0/s1. The van der Waals surface area contributed by atoms with Crippen molar-refractivity contribution < 1.29 is 34.9 Å². The van der Waals surface area contributed by atoms with Gasteiger partial charge in [0.1, 0.15) is 18.3 Å². The van der Waals surface area contributed by atoms with Crippen LogP contribution in [0.15, 0.2) is 18.2 Å². The molecule has 1 aliphatic rings. The summed E-state index contributed by atoms with van der Waals surface area (Å²) in [5.41, 5.74) is -0.747. The Kier molecular flexibility index (Phi) is 4.80. The maximum atomic E-state index is 11.0. The summed E-state index contributed by atoms with van der Waals surface area (Å²) in [6, 6.07) is 3.10. The number of carboxylic acid groups (broad SMARTS) is 1. The summed E-state index contributed by atoms with van der Waals surface area (Å²) in [7, 11) is 0. The molecule has 2 rings (SSSR count). The van der Waals surface area contributed by atoms with E-state index in [1.807, 2.05) is 0 Å². The lowest BCUT2D eigenvalue weighted by Crippen LogP contribution is -2.58. The third kappa shape index (κ3) is 3.56. The number of rotatable bonds is 4. The van der Waals surface area contributed by atoms with Crippen LogP contribution in [-0.4, -0.2) is 62.0 Å². The van der Waals surface area contributed by atoms with Crippen molar-refractivity contribution in [2.75, 3.05) is 5.32 Å². The lowest BCUT2D eigenvalue weighted by Gasteiger charge is -2.39. The molecule has 1 aromatic carbocycles. The van der Waals surface area contributed by atoms with Crippen LogP contribution in [-0.2, 0) is 4.74 Å². The highest BCUT2D eigenvalue weighted by Crippen LogP contribution is 2.26. The van der Waals surface area contributed by atoms with Gasteiger partial charge in [-0.15, -0.1) is 0 Å². The topological polar surface area (TPSA) is 162 Å². The van der Waals surface area contributed by atoms with Crippen LogP contribution in [0.25, 0.3) is 0 Å². The van der Waals surface area contributed by atoms with E-state index in [0.717, 1.165) is 18.2 Å². The van der Waals surface area contributed by atoms with Crippen LogP contribution in [0.3, 0.4) is 0 Å². The molecule has 5 atom stereocenters. The number of hydrogen-bond acceptors (Lipinski definition) is 8. The molecule has 0 amide bonds. The first-order valence-corrected chi connectivity index (χ1v) is 6.69. The van der Waals surface area contributed by atoms with E-state index < -0.39 is 47.2 Å². The molecule has 0 aromatic heterocycles. The SMILES string of the molecule is C[C@@H]1O[C@H](Nc2cc(C(=O)O)cc([N+](=O)[O-])c2)[C@H](O)[C@@H](O)[C@@H]1O. The van der Waals surface area contributed by atoms with Gasteiger partial charge in [-0.2, -0.15) is 0 Å². The molecule has 1 heterocycles. The van der Waals surface area contributed by atoms with Gasteiger partial charge in [-0.1, -0.05) is 0 Å². The molecule has 1 fully saturated rings. The number of aliphatic hydroxyl groups excluding tert-OH is 3. The molecule has 0 bridgehead atoms. The lowest BCUT2D eigenvalue weighted by atomic mass is 9.99. The summed E-state index contributed by atoms with van der Waals surface area (Å²) in [4.78, 5) is 21.1. The molecule has 10 nitrogen and oxygen atoms in total. The quantitative estimate of drug-likeness (QED) is 0.363. The van der Waals surface area contributed by atoms with Gasteiger partial charge in [0.25, 0.3) is 5.69 Å². The molecule has 0 saturated carbocycles. The second-order valence-electron chi connectivity index (χ2n) is 5.21. The number of nitro groups is 1. The van der Waals surface area contributed by atoms with Gasteiger partial charge in [0.2, 0.25) is 0 Å². The first-order valence-electron chi connectivity index (χ1n) is 6.69. The second-order valence-corrected chi connectivity index (χ2v) is 5.21. The van der Waals surface area contributed by atoms with Crippen LogP contribution in [0, 0.1) is 10.1 Å². The third-order valence-electron chi connectivity index (χ3n) is 3.54. The molecule has 5 N–H and O–H groups in total. The highest BCUT2D eigenvalue weighted by Gasteiger charge is 2.41. The van der Waals surface area contributed by atoms with Crippen molar-refractivity contribution in [2.45, 2.75) is 37.6 Å². The van der Waals surface area contributed by atoms with Gasteiger partial charge in [0.15, 0.2) is 6.23 Å². The van der Waals surface area contributed by atoms with Crippen molar-refractivity contribution >= 4 is 17.3 Å². The molecule has 0 unspecified atom stereocenters. The predicted molar refractivity (Wildman–Crippen MR) is 76.0 cm³/mol. The number of aliphatic hydroxyl groups is 3. The fourth-order valence-electron chi connectivity index (χ4n) is 2.26. The Hall–Kier alpha value is -2.27. The Labute approximate surface area is 130 Å². The molecule has 23 heavy (non-hydrogen) atoms. The van der Waals surface area contributed by atoms with Gasteiger partial charge < -0.3 is 30.5 Å². The van der Waals surface area contributed by atoms with Gasteiger partial charge in [-0.05, 0) is 13.0 Å². The zero-order valence-corrected chi connectivity index (χ0v) is 12.0. The van der Waals surface area contributed by atoms with E-state index in [1.165, 1.54) is 6.92 Å². The molecule has 0 aliphatic carbocycles. The number of nitro benzene ring substituents is 1. The lowest BCUT2D eigenvalue weighted by molar-refractivity contribution is -0.384. The van der Waals surface area contributed by atoms with Crippen molar-refractivity contribution in [2.24, 2.45) is 0 Å². The number of ether oxygens (including phenoxy) is 1. The van der Waals surface area contributed by atoms with Gasteiger partial charge in [0.05, 0.1) is 16.6 Å². The molecule has 0 radical (unpaired) electrons. The van der Waals surface area contributed by atoms with Crippen LogP contribution in [0.2, 0.25) is 0 Å². The predicted octanol–water partition coefficient (Wildman–Crippen LogP) is -0.468. The van der Waals surface area contributed by atoms with Crippen molar-refractivity contribution in [3.63, 3.8) is 0 Å². The Balaban J connectivity index is 2.28. The largest absolute Gasteiger partial charge is 0.478 e. The fourth-order valence-corrected chi connectivity index (χ4v) is 2.26. The Morgan fingerprint density at radius 3 is 2.43 bits per heavy atom. The van der Waals surface area contributed by atoms with Gasteiger partial charge >= 0.3 is 5.97 Å². The van der Waals surface area contributed by atoms with Crippen LogP contribution >= 0.6 is 0 Å². The number of carbonyl (C=O) groups is 1. The zero-order chi connectivity index (χ0) is 17.3. The molecule has 1 aliphatic heterocycles. The summed E-state index contributed by atoms with van der Waals surface area (Å²) in [5.74, 6) is -1.36. The maximum absolute atomic E-state index is 11.0. The smallest absolute Gasteiger partial charge is 0.336 e. The van der Waals surface area contributed by atoms with Crippen molar-refractivity contribution in [3.05, 3.63) is 33.9 Å². The Morgan fingerprint density at radius 1 is 1.22 bits per heavy atom. The number of non-ortho nitro benzene ring substituents is 1. The number of anilines is 1. The van der Waals surface area contributed by atoms with E-state index in [-0.39, 0.29) is 11.3 Å². The summed E-state index contributed by atoms with van der Waals surface area (Å²) in [6.07, 6.45) is -6.25. The fraction of sp³-hybridized carbons (Fsp3) is 0.462. The normalized spacial score (nSPS) is 30.7. The molecule has 10 heteroatoms. The third-order valence-corrected chi connectivity index (χ3v) is 3.54. The second kappa shape index (κ2) is 6.46. The first kappa shape index (κ1) is 17.1. The molecule has 1 aromatic rings. The molecule has 126 valence electrons. The number of aromatic carboxylic acids is 1. The van der Waals surface area contributed by atoms with Gasteiger partial charge in [-0.3, -0.25) is 10.1 Å². The molecule has 1 saturated heterocycles. The number of benzene rings is 1. The van der Waals surface area contributed by atoms with Crippen LogP contribution in [0.4, 0.5) is 11.4 Å². The Morgan fingerprint density at radius 2 is 1.87 bits per heavy atom. The zero-order valence-electron chi connectivity index (χ0n) is 12.0. The number of hydrogen-bond donors (Lipinski definition) is 5. The summed E-state index contributed by atoms with van der Waals surface area (Å²) in [6.45, 7) is 1.48. The summed E-state index contributed by atoms with van der Waals surface area (Å²) >= 11 is 0. The number of nitrogens with zero attached hydrogens (tertiary/aromatic N) is 1. The average Bonchev–Trinajstić information content (AvgIpc) is 2.50. The summed E-state index contributed by atoms with van der Waals surface area (Å²) in [5, 5.41) is 51.7. The minimum atomic E-state index is -1.51. The minimum Gasteiger partial charge on any atom is -0.478 e. The van der Waals surface area contributed by atoms with E-state index in [4.69, 9.17) is 9.84 Å². The van der Waals surface area contributed by atoms with Crippen molar-refractivity contribution in [3.8, 4) is 0 Å². The Bertz CT molecular complexity index is 590. The van der Waals surface area contributed by atoms with E-state index in [9.17, 15) is 30.2 Å². The van der Waals surface area contributed by atoms with Crippen LogP contribution in [0.1, 0.15) is 17.3 Å². The highest BCUT2D eigenvalue weighted by molar-refractivity contribution is 5.90. The van der Waals surface area contributed by atoms with Crippen molar-refractivity contribution in [1.29, 1.82) is 0 Å². The van der Waals surface area contributed by atoms with E-state index in [0.29, 0.717) is 0 Å². The molecular formula is C13H16N2O8. The maximum Gasteiger partial charge on any atom is 0.336 e. The monoisotopic (exact) mass is 328 g/mol. The first-order chi connectivity index (χ1) is 10.7. The van der Waals surface area contributed by atoms with Crippen LogP contribution in [0.5, 0.6) is 0 Å². The molecular weight excluding hydrogens is 312 g/mol. The number of nitrogens with one attached hydrogen (secondary N) is 1. The summed E-state index contributed by atoms with van der Waals surface area (Å²) < 4.78 is 5.30. The van der Waals surface area contributed by atoms with Gasteiger partial charge in [0, 0.05) is 17.8 Å². The van der Waals surface area contributed by atoms with Crippen molar-refractivity contribution in [1.82, 2.24) is 0 Å². The number of carboxylic acids is 1. The van der Waals surface area contributed by atoms with Crippen LogP contribution < -0.4 is 5.32 Å². The van der Waals surface area contributed by atoms with E-state index in [1.54, 1.807) is 0 Å². The highest BCUT2D eigenvalue weighted by atomic mass is 16.6. The molecule has 0 spiro atoms. The van der Waals surface area contributed by atoms with E-state index >= 15 is 0 Å². The minimum absolute atomic E-state index is 0.0245. The van der Waals surface area contributed by atoms with Gasteiger partial charge in [-0.25, -0.2) is 4.79 Å². The van der Waals surface area contributed by atoms with E-state index in [2.05, 4.69) is 5.32 Å².